The van der Waals surface area contributed by atoms with Gasteiger partial charge in [0.2, 0.25) is 0 Å². The Morgan fingerprint density at radius 3 is 1.89 bits per heavy atom. The third-order valence-electron chi connectivity index (χ3n) is 0.747. The molecule has 0 amide bonds. The molecule has 0 radical (unpaired) electrons. The van der Waals surface area contributed by atoms with Crippen LogP contribution in [0.3, 0.4) is 0 Å². The molecule has 0 heterocycles. The van der Waals surface area contributed by atoms with E-state index >= 15 is 0 Å². The van der Waals surface area contributed by atoms with Gasteiger partial charge in [-0.05, 0) is 5.92 Å². The van der Waals surface area contributed by atoms with Gasteiger partial charge in [-0.1, -0.05) is 13.8 Å². The van der Waals surface area contributed by atoms with Crippen LogP contribution in [0.4, 0.5) is 0 Å². The number of nitrogens with one attached hydrogen (secondary N) is 1. The molecule has 4 N–H and O–H groups in total. The van der Waals surface area contributed by atoms with E-state index in [1.807, 2.05) is 13.8 Å². The van der Waals surface area contributed by atoms with Crippen molar-refractivity contribution in [2.75, 3.05) is 6.54 Å². The lowest BCUT2D eigenvalue weighted by atomic mass is 10.2. The van der Waals surface area contributed by atoms with Crippen LogP contribution in [0.25, 0.3) is 0 Å². The van der Waals surface area contributed by atoms with Gasteiger partial charge >= 0.3 is 6.10 Å². The molecular formula is C5H13NO3. The van der Waals surface area contributed by atoms with E-state index in [1.165, 1.54) is 0 Å². The smallest absolute Gasteiger partial charge is 0.330 e. The SMILES string of the molecule is CC(C)CNC(O)(O)O. The fourth-order valence-corrected chi connectivity index (χ4v) is 0.341. The fourth-order valence-electron chi connectivity index (χ4n) is 0.341. The minimum Gasteiger partial charge on any atom is -0.330 e. The normalized spacial score (nSPS) is 12.7. The van der Waals surface area contributed by atoms with Crippen molar-refractivity contribution in [3.63, 3.8) is 0 Å². The molecule has 0 aromatic carbocycles. The van der Waals surface area contributed by atoms with Crippen molar-refractivity contribution in [2.24, 2.45) is 5.92 Å². The highest BCUT2D eigenvalue weighted by Crippen LogP contribution is 1.91. The zero-order valence-electron chi connectivity index (χ0n) is 5.63. The molecule has 0 saturated heterocycles. The van der Waals surface area contributed by atoms with Crippen molar-refractivity contribution in [2.45, 2.75) is 19.9 Å². The Kier molecular flexibility index (Phi) is 3.07. The van der Waals surface area contributed by atoms with Crippen molar-refractivity contribution in [1.29, 1.82) is 0 Å². The zero-order chi connectivity index (χ0) is 7.49. The summed E-state index contributed by atoms with van der Waals surface area (Å²) in [6.45, 7) is 4.14. The minimum absolute atomic E-state index is 0.274. The molecule has 56 valence electrons. The van der Waals surface area contributed by atoms with E-state index in [0.717, 1.165) is 0 Å². The van der Waals surface area contributed by atoms with E-state index in [9.17, 15) is 0 Å². The van der Waals surface area contributed by atoms with Gasteiger partial charge in [0, 0.05) is 6.54 Å². The van der Waals surface area contributed by atoms with Crippen LogP contribution in [0.2, 0.25) is 0 Å². The van der Waals surface area contributed by atoms with Gasteiger partial charge in [-0.25, -0.2) is 5.32 Å². The summed E-state index contributed by atoms with van der Waals surface area (Å²) in [4.78, 5) is 0. The second kappa shape index (κ2) is 3.12. The van der Waals surface area contributed by atoms with E-state index in [4.69, 9.17) is 15.3 Å². The number of hydrogen-bond acceptors (Lipinski definition) is 4. The molecule has 0 unspecified atom stereocenters. The molecule has 0 fully saturated rings. The largest absolute Gasteiger partial charge is 0.343 e. The second-order valence-electron chi connectivity index (χ2n) is 2.41. The standard InChI is InChI=1S/C5H13NO3/c1-4(2)3-6-5(7,8)9/h4,6-9H,3H2,1-2H3. The number of rotatable bonds is 3. The first-order valence-electron chi connectivity index (χ1n) is 2.84. The average molecular weight is 135 g/mol. The van der Waals surface area contributed by atoms with Crippen LogP contribution in [0.5, 0.6) is 0 Å². The molecule has 0 aliphatic heterocycles. The van der Waals surface area contributed by atoms with E-state index in [0.29, 0.717) is 6.54 Å². The third-order valence-corrected chi connectivity index (χ3v) is 0.747. The first kappa shape index (κ1) is 8.84. The minimum atomic E-state index is -2.72. The van der Waals surface area contributed by atoms with Gasteiger partial charge < -0.3 is 15.3 Å². The van der Waals surface area contributed by atoms with Crippen molar-refractivity contribution in [1.82, 2.24) is 5.32 Å². The van der Waals surface area contributed by atoms with Gasteiger partial charge in [-0.2, -0.15) is 0 Å². The van der Waals surface area contributed by atoms with Crippen LogP contribution in [0.1, 0.15) is 13.8 Å². The topological polar surface area (TPSA) is 72.7 Å². The molecule has 9 heavy (non-hydrogen) atoms. The predicted octanol–water partition coefficient (Wildman–Crippen LogP) is -1.18. The lowest BCUT2D eigenvalue weighted by molar-refractivity contribution is -0.331. The van der Waals surface area contributed by atoms with Gasteiger partial charge in [0.15, 0.2) is 0 Å². The average Bonchev–Trinajstić information content (AvgIpc) is 1.59. The molecule has 0 saturated carbocycles. The predicted molar refractivity (Wildman–Crippen MR) is 32.2 cm³/mol. The van der Waals surface area contributed by atoms with Gasteiger partial charge in [-0.3, -0.25) is 0 Å². The van der Waals surface area contributed by atoms with Crippen LogP contribution in [-0.2, 0) is 0 Å². The van der Waals surface area contributed by atoms with Crippen LogP contribution < -0.4 is 5.32 Å². The highest BCUT2D eigenvalue weighted by Gasteiger charge is 2.16. The maximum Gasteiger partial charge on any atom is 0.343 e. The molecule has 0 atom stereocenters. The number of aliphatic hydroxyl groups is 3. The summed E-state index contributed by atoms with van der Waals surface area (Å²) >= 11 is 0. The Morgan fingerprint density at radius 2 is 1.78 bits per heavy atom. The maximum atomic E-state index is 8.27. The van der Waals surface area contributed by atoms with E-state index in [1.54, 1.807) is 0 Å². The Labute approximate surface area is 54.1 Å². The van der Waals surface area contributed by atoms with Gasteiger partial charge in [0.25, 0.3) is 0 Å². The summed E-state index contributed by atoms with van der Waals surface area (Å²) in [6.07, 6.45) is -2.72. The van der Waals surface area contributed by atoms with E-state index < -0.39 is 6.10 Å². The Morgan fingerprint density at radius 1 is 1.33 bits per heavy atom. The van der Waals surface area contributed by atoms with Crippen LogP contribution >= 0.6 is 0 Å². The second-order valence-corrected chi connectivity index (χ2v) is 2.41. The van der Waals surface area contributed by atoms with E-state index in [-0.39, 0.29) is 5.92 Å². The van der Waals surface area contributed by atoms with Gasteiger partial charge in [-0.15, -0.1) is 0 Å². The maximum absolute atomic E-state index is 8.27. The first-order valence-corrected chi connectivity index (χ1v) is 2.84. The summed E-state index contributed by atoms with van der Waals surface area (Å²) in [5.74, 6) is 0.274. The molecule has 0 aromatic rings. The van der Waals surface area contributed by atoms with Crippen LogP contribution in [-0.4, -0.2) is 28.0 Å². The summed E-state index contributed by atoms with van der Waals surface area (Å²) < 4.78 is 0. The summed E-state index contributed by atoms with van der Waals surface area (Å²) in [5, 5.41) is 26.9. The Balaban J connectivity index is 3.28. The first-order chi connectivity index (χ1) is 3.92. The summed E-state index contributed by atoms with van der Waals surface area (Å²) in [6, 6.07) is 0. The van der Waals surface area contributed by atoms with Gasteiger partial charge in [0.05, 0.1) is 0 Å². The Hall–Kier alpha value is -0.160. The van der Waals surface area contributed by atoms with E-state index in [2.05, 4.69) is 5.32 Å². The van der Waals surface area contributed by atoms with Crippen LogP contribution in [0, 0.1) is 5.92 Å². The summed E-state index contributed by atoms with van der Waals surface area (Å²) in [7, 11) is 0. The molecule has 0 spiro atoms. The molecule has 0 aromatic heterocycles. The van der Waals surface area contributed by atoms with Crippen molar-refractivity contribution in [3.05, 3.63) is 0 Å². The third kappa shape index (κ3) is 7.84. The highest BCUT2D eigenvalue weighted by molar-refractivity contribution is 4.50. The molecule has 0 bridgehead atoms. The lowest BCUT2D eigenvalue weighted by Gasteiger charge is -2.16. The molecule has 4 nitrogen and oxygen atoms in total. The molecular weight excluding hydrogens is 122 g/mol. The van der Waals surface area contributed by atoms with Crippen LogP contribution in [0.15, 0.2) is 0 Å². The number of hydrogen-bond donors (Lipinski definition) is 4. The monoisotopic (exact) mass is 135 g/mol. The quantitative estimate of drug-likeness (QED) is 0.368. The van der Waals surface area contributed by atoms with Crippen molar-refractivity contribution < 1.29 is 15.3 Å². The summed E-state index contributed by atoms with van der Waals surface area (Å²) in [5.41, 5.74) is 0. The lowest BCUT2D eigenvalue weighted by Crippen LogP contribution is -2.46. The highest BCUT2D eigenvalue weighted by atomic mass is 16.7. The molecule has 0 rings (SSSR count). The fraction of sp³-hybridized carbons (Fsp3) is 1.00. The molecule has 4 heteroatoms. The van der Waals surface area contributed by atoms with Gasteiger partial charge in [0.1, 0.15) is 0 Å². The molecule has 0 aliphatic carbocycles. The van der Waals surface area contributed by atoms with Crippen molar-refractivity contribution in [3.8, 4) is 0 Å². The molecule has 0 aliphatic rings. The Bertz CT molecular complexity index is 76.8. The zero-order valence-corrected chi connectivity index (χ0v) is 5.63. The van der Waals surface area contributed by atoms with Crippen molar-refractivity contribution >= 4 is 0 Å².